The van der Waals surface area contributed by atoms with Crippen LogP contribution in [0.3, 0.4) is 0 Å². The Morgan fingerprint density at radius 3 is 2.73 bits per heavy atom. The van der Waals surface area contributed by atoms with Crippen LogP contribution in [0, 0.1) is 11.8 Å². The van der Waals surface area contributed by atoms with Gasteiger partial charge in [-0.3, -0.25) is 14.4 Å². The molecule has 0 saturated heterocycles. The maximum Gasteiger partial charge on any atom is 0.307 e. The van der Waals surface area contributed by atoms with E-state index in [4.69, 9.17) is 9.15 Å². The fraction of sp³-hybridized carbons (Fsp3) is 0.393. The quantitative estimate of drug-likeness (QED) is 0.304. The molecule has 4 aromatic rings. The number of fused-ring (bicyclic) bond motifs is 2. The Morgan fingerprint density at radius 1 is 1.11 bits per heavy atom. The van der Waals surface area contributed by atoms with Crippen LogP contribution < -0.4 is 10.3 Å². The van der Waals surface area contributed by atoms with Crippen molar-refractivity contribution in [1.82, 2.24) is 15.0 Å². The predicted molar refractivity (Wildman–Crippen MR) is 137 cm³/mol. The minimum absolute atomic E-state index is 0.0305. The van der Waals surface area contributed by atoms with Crippen molar-refractivity contribution >= 4 is 33.6 Å². The third-order valence-electron chi connectivity index (χ3n) is 7.07. The van der Waals surface area contributed by atoms with Crippen molar-refractivity contribution in [2.24, 2.45) is 11.8 Å². The number of aryl methyl sites for hydroxylation is 1. The van der Waals surface area contributed by atoms with Gasteiger partial charge in [0.15, 0.2) is 11.5 Å². The first-order valence-electron chi connectivity index (χ1n) is 12.7. The van der Waals surface area contributed by atoms with E-state index in [9.17, 15) is 19.5 Å². The number of aliphatic carboxylic acids is 1. The lowest BCUT2D eigenvalue weighted by Crippen LogP contribution is -2.27. The molecular weight excluding hydrogens is 474 g/mol. The number of ketones is 1. The number of ether oxygens (including phenoxy) is 1. The van der Waals surface area contributed by atoms with Gasteiger partial charge >= 0.3 is 5.97 Å². The van der Waals surface area contributed by atoms with E-state index >= 15 is 0 Å². The van der Waals surface area contributed by atoms with Gasteiger partial charge in [-0.05, 0) is 61.6 Å². The molecule has 9 heteroatoms. The molecule has 0 bridgehead atoms. The van der Waals surface area contributed by atoms with Crippen molar-refractivity contribution in [3.63, 3.8) is 0 Å². The average molecular weight is 504 g/mol. The van der Waals surface area contributed by atoms with E-state index in [1.54, 1.807) is 36.4 Å². The van der Waals surface area contributed by atoms with Crippen molar-refractivity contribution in [3.05, 3.63) is 64.6 Å². The smallest absolute Gasteiger partial charge is 0.307 e. The zero-order valence-electron chi connectivity index (χ0n) is 20.5. The summed E-state index contributed by atoms with van der Waals surface area (Å²) in [6.07, 6.45) is 5.99. The summed E-state index contributed by atoms with van der Waals surface area (Å²) in [4.78, 5) is 37.4. The Bertz CT molecular complexity index is 1480. The standard InChI is InChI=1S/C28H29N3O6/c32-24(15-19(28(34)35)12-13-31-27(33)22-8-4-5-9-23(22)29-30-31)26-16-20-14-21(10-11-25(20)37-26)36-17-18-6-2-1-3-7-18/h4-5,8-11,14,16,18-19H,1-3,6-7,12-13,15,17H2,(H,34,35). The van der Waals surface area contributed by atoms with Gasteiger partial charge in [0, 0.05) is 18.4 Å². The van der Waals surface area contributed by atoms with Gasteiger partial charge in [0.1, 0.15) is 16.8 Å². The molecule has 1 atom stereocenters. The SMILES string of the molecule is O=C(CC(CCn1nnc2ccccc2c1=O)C(=O)O)c1cc2cc(OCC3CCCCC3)ccc2o1. The van der Waals surface area contributed by atoms with Gasteiger partial charge in [0.25, 0.3) is 5.56 Å². The second kappa shape index (κ2) is 10.9. The van der Waals surface area contributed by atoms with Crippen LogP contribution in [-0.2, 0) is 11.3 Å². The van der Waals surface area contributed by atoms with Crippen LogP contribution in [-0.4, -0.2) is 38.5 Å². The molecule has 1 saturated carbocycles. The molecule has 0 spiro atoms. The number of carbonyl (C=O) groups excluding carboxylic acids is 1. The number of carbonyl (C=O) groups is 2. The van der Waals surface area contributed by atoms with Crippen LogP contribution in [0.4, 0.5) is 0 Å². The molecule has 2 heterocycles. The first-order valence-corrected chi connectivity index (χ1v) is 12.7. The Labute approximate surface area is 213 Å². The van der Waals surface area contributed by atoms with Gasteiger partial charge in [-0.25, -0.2) is 4.68 Å². The Kier molecular flexibility index (Phi) is 7.30. The van der Waals surface area contributed by atoms with E-state index in [0.29, 0.717) is 29.0 Å². The molecule has 2 aromatic carbocycles. The molecule has 0 aliphatic heterocycles. The maximum atomic E-state index is 12.9. The van der Waals surface area contributed by atoms with Crippen LogP contribution in [0.25, 0.3) is 21.9 Å². The van der Waals surface area contributed by atoms with Crippen LogP contribution >= 0.6 is 0 Å². The van der Waals surface area contributed by atoms with Crippen molar-refractivity contribution in [2.75, 3.05) is 6.61 Å². The van der Waals surface area contributed by atoms with E-state index in [2.05, 4.69) is 10.3 Å². The largest absolute Gasteiger partial charge is 0.493 e. The fourth-order valence-electron chi connectivity index (χ4n) is 4.90. The molecule has 37 heavy (non-hydrogen) atoms. The third kappa shape index (κ3) is 5.71. The number of hydrogen-bond donors (Lipinski definition) is 1. The zero-order chi connectivity index (χ0) is 25.8. The number of aromatic nitrogens is 3. The molecule has 0 radical (unpaired) electrons. The van der Waals surface area contributed by atoms with E-state index in [-0.39, 0.29) is 30.7 Å². The Hall–Kier alpha value is -4.01. The molecule has 1 aliphatic carbocycles. The monoisotopic (exact) mass is 503 g/mol. The second-order valence-electron chi connectivity index (χ2n) is 9.71. The van der Waals surface area contributed by atoms with Crippen LogP contribution in [0.2, 0.25) is 0 Å². The molecule has 192 valence electrons. The minimum Gasteiger partial charge on any atom is -0.493 e. The molecule has 2 aromatic heterocycles. The summed E-state index contributed by atoms with van der Waals surface area (Å²) in [5.74, 6) is -1.13. The number of carboxylic acid groups (broad SMARTS) is 1. The number of hydrogen-bond acceptors (Lipinski definition) is 7. The lowest BCUT2D eigenvalue weighted by molar-refractivity contribution is -0.142. The van der Waals surface area contributed by atoms with Crippen molar-refractivity contribution < 1.29 is 23.8 Å². The first-order chi connectivity index (χ1) is 18.0. The van der Waals surface area contributed by atoms with E-state index in [1.165, 1.54) is 32.1 Å². The summed E-state index contributed by atoms with van der Waals surface area (Å²) in [7, 11) is 0. The first kappa shape index (κ1) is 24.7. The predicted octanol–water partition coefficient (Wildman–Crippen LogP) is 4.86. The number of nitrogens with zero attached hydrogens (tertiary/aromatic N) is 3. The summed E-state index contributed by atoms with van der Waals surface area (Å²) in [5, 5.41) is 18.8. The van der Waals surface area contributed by atoms with Gasteiger partial charge in [0.2, 0.25) is 0 Å². The molecule has 9 nitrogen and oxygen atoms in total. The molecule has 5 rings (SSSR count). The molecule has 1 unspecified atom stereocenters. The lowest BCUT2D eigenvalue weighted by Gasteiger charge is -2.21. The van der Waals surface area contributed by atoms with Crippen LogP contribution in [0.1, 0.15) is 55.5 Å². The summed E-state index contributed by atoms with van der Waals surface area (Å²) in [6.45, 7) is 0.711. The topological polar surface area (TPSA) is 125 Å². The van der Waals surface area contributed by atoms with Crippen molar-refractivity contribution in [1.29, 1.82) is 0 Å². The third-order valence-corrected chi connectivity index (χ3v) is 7.07. The highest BCUT2D eigenvalue weighted by atomic mass is 16.5. The Balaban J connectivity index is 1.23. The number of Topliss-reactive ketones (excluding diaryl/α,β-unsaturated/α-hetero) is 1. The van der Waals surface area contributed by atoms with Gasteiger partial charge in [0.05, 0.1) is 17.9 Å². The normalized spacial score (nSPS) is 15.1. The number of rotatable bonds is 10. The van der Waals surface area contributed by atoms with Gasteiger partial charge in [-0.15, -0.1) is 5.10 Å². The summed E-state index contributed by atoms with van der Waals surface area (Å²) in [5.41, 5.74) is 0.666. The summed E-state index contributed by atoms with van der Waals surface area (Å²) >= 11 is 0. The number of carboxylic acids is 1. The van der Waals surface area contributed by atoms with Gasteiger partial charge < -0.3 is 14.3 Å². The maximum absolute atomic E-state index is 12.9. The molecular formula is C28H29N3O6. The lowest BCUT2D eigenvalue weighted by atomic mass is 9.90. The summed E-state index contributed by atoms with van der Waals surface area (Å²) in [6, 6.07) is 13.9. The minimum atomic E-state index is -1.12. The van der Waals surface area contributed by atoms with Gasteiger partial charge in [-0.2, -0.15) is 0 Å². The second-order valence-corrected chi connectivity index (χ2v) is 9.71. The highest BCUT2D eigenvalue weighted by Crippen LogP contribution is 2.28. The van der Waals surface area contributed by atoms with Crippen LogP contribution in [0.5, 0.6) is 5.75 Å². The summed E-state index contributed by atoms with van der Waals surface area (Å²) < 4.78 is 12.8. The highest BCUT2D eigenvalue weighted by Gasteiger charge is 2.25. The highest BCUT2D eigenvalue weighted by molar-refractivity contribution is 5.99. The number of furan rings is 1. The zero-order valence-corrected chi connectivity index (χ0v) is 20.5. The van der Waals surface area contributed by atoms with Crippen LogP contribution in [0.15, 0.2) is 57.7 Å². The van der Waals surface area contributed by atoms with E-state index < -0.39 is 17.7 Å². The number of benzene rings is 2. The molecule has 0 amide bonds. The molecule has 1 aliphatic rings. The van der Waals surface area contributed by atoms with Gasteiger partial charge in [-0.1, -0.05) is 36.6 Å². The fourth-order valence-corrected chi connectivity index (χ4v) is 4.90. The van der Waals surface area contributed by atoms with Crippen molar-refractivity contribution in [2.45, 2.75) is 51.5 Å². The van der Waals surface area contributed by atoms with E-state index in [0.717, 1.165) is 15.8 Å². The van der Waals surface area contributed by atoms with Crippen molar-refractivity contribution in [3.8, 4) is 5.75 Å². The average Bonchev–Trinajstić information content (AvgIpc) is 3.35. The molecule has 1 N–H and O–H groups in total. The molecule has 1 fully saturated rings. The Morgan fingerprint density at radius 2 is 1.92 bits per heavy atom. The van der Waals surface area contributed by atoms with E-state index in [1.807, 2.05) is 12.1 Å².